The third-order valence-corrected chi connectivity index (χ3v) is 9.62. The Morgan fingerprint density at radius 3 is 2.60 bits per heavy atom. The van der Waals surface area contributed by atoms with Crippen LogP contribution in [0.5, 0.6) is 11.5 Å². The molecule has 1 aromatic carbocycles. The molecular formula is C33H47NO9. The first-order valence-corrected chi connectivity index (χ1v) is 15.6. The number of methoxy groups -OCH3 is 1. The normalized spacial score (nSPS) is 26.3. The van der Waals surface area contributed by atoms with Gasteiger partial charge < -0.3 is 33.9 Å². The lowest BCUT2D eigenvalue weighted by Gasteiger charge is -2.39. The van der Waals surface area contributed by atoms with Crippen LogP contribution in [-0.4, -0.2) is 83.5 Å². The van der Waals surface area contributed by atoms with Crippen molar-refractivity contribution in [2.75, 3.05) is 33.6 Å². The molecule has 5 rings (SSSR count). The fourth-order valence-corrected chi connectivity index (χ4v) is 7.04. The van der Waals surface area contributed by atoms with Gasteiger partial charge in [-0.15, -0.1) is 0 Å². The second kappa shape index (κ2) is 12.3. The summed E-state index contributed by atoms with van der Waals surface area (Å²) in [6.45, 7) is 9.41. The molecule has 3 unspecified atom stereocenters. The van der Waals surface area contributed by atoms with Crippen molar-refractivity contribution in [2.45, 2.75) is 108 Å². The van der Waals surface area contributed by atoms with Gasteiger partial charge >= 0.3 is 11.9 Å². The molecule has 43 heavy (non-hydrogen) atoms. The van der Waals surface area contributed by atoms with Gasteiger partial charge in [-0.05, 0) is 94.2 Å². The summed E-state index contributed by atoms with van der Waals surface area (Å²) in [5.41, 5.74) is -1.45. The lowest BCUT2D eigenvalue weighted by Crippen LogP contribution is -2.49. The van der Waals surface area contributed by atoms with Crippen molar-refractivity contribution in [3.8, 4) is 11.5 Å². The minimum atomic E-state index is -2.13. The summed E-state index contributed by atoms with van der Waals surface area (Å²) in [6, 6.07) is 4.03. The zero-order chi connectivity index (χ0) is 31.0. The average molecular weight is 602 g/mol. The highest BCUT2D eigenvalue weighted by molar-refractivity contribution is 5.86. The Hall–Kier alpha value is -2.82. The van der Waals surface area contributed by atoms with Crippen LogP contribution in [-0.2, 0) is 30.2 Å². The van der Waals surface area contributed by atoms with Crippen LogP contribution in [0, 0.1) is 5.92 Å². The predicted octanol–water partition coefficient (Wildman–Crippen LogP) is 4.00. The van der Waals surface area contributed by atoms with Gasteiger partial charge in [-0.25, -0.2) is 4.79 Å². The Kier molecular flexibility index (Phi) is 9.03. The monoisotopic (exact) mass is 601 g/mol. The van der Waals surface area contributed by atoms with E-state index < -0.39 is 41.2 Å². The topological polar surface area (TPSA) is 124 Å². The maximum atomic E-state index is 14.0. The van der Waals surface area contributed by atoms with Crippen LogP contribution in [0.25, 0.3) is 0 Å². The summed E-state index contributed by atoms with van der Waals surface area (Å²) in [5.74, 6) is 0.172. The van der Waals surface area contributed by atoms with E-state index in [0.29, 0.717) is 30.1 Å². The fourth-order valence-electron chi connectivity index (χ4n) is 7.04. The van der Waals surface area contributed by atoms with E-state index in [2.05, 4.69) is 11.0 Å². The Balaban J connectivity index is 1.46. The third kappa shape index (κ3) is 6.37. The number of carbonyl (C=O) groups is 2. The van der Waals surface area contributed by atoms with Crippen LogP contribution in [0.1, 0.15) is 89.7 Å². The highest BCUT2D eigenvalue weighted by atomic mass is 16.7. The smallest absolute Gasteiger partial charge is 0.339 e. The second-order valence-corrected chi connectivity index (χ2v) is 13.4. The molecule has 3 aliphatic heterocycles. The maximum absolute atomic E-state index is 14.0. The summed E-state index contributed by atoms with van der Waals surface area (Å²) in [4.78, 5) is 29.4. The molecule has 1 fully saturated rings. The predicted molar refractivity (Wildman–Crippen MR) is 158 cm³/mol. The Labute approximate surface area is 254 Å². The molecule has 10 heteroatoms. The average Bonchev–Trinajstić information content (AvgIpc) is 3.64. The number of rotatable bonds is 12. The number of hydrogen-bond acceptors (Lipinski definition) is 10. The molecule has 1 saturated heterocycles. The summed E-state index contributed by atoms with van der Waals surface area (Å²) in [6.07, 6.45) is 4.80. The summed E-state index contributed by atoms with van der Waals surface area (Å²) in [7, 11) is 1.57. The van der Waals surface area contributed by atoms with Gasteiger partial charge in [-0.3, -0.25) is 9.69 Å². The highest BCUT2D eigenvalue weighted by Gasteiger charge is 2.59. The molecular weight excluding hydrogens is 554 g/mol. The van der Waals surface area contributed by atoms with Crippen LogP contribution >= 0.6 is 0 Å². The SMILES string of the molecule is CCC(C)COC(=O)C[C@](O)(CCCC(C)(C)O)C(=O)OC1C(OC)=CC23CCCN2CCc2cc4c(cc2[C@H]13)OCO4. The second-order valence-electron chi connectivity index (χ2n) is 13.4. The molecule has 0 amide bonds. The van der Waals surface area contributed by atoms with Crippen molar-refractivity contribution in [2.24, 2.45) is 5.92 Å². The largest absolute Gasteiger partial charge is 0.497 e. The molecule has 1 spiro atoms. The molecule has 10 nitrogen and oxygen atoms in total. The van der Waals surface area contributed by atoms with Gasteiger partial charge in [0.25, 0.3) is 0 Å². The number of ether oxygens (including phenoxy) is 5. The van der Waals surface area contributed by atoms with Crippen LogP contribution in [0.2, 0.25) is 0 Å². The first-order chi connectivity index (χ1) is 20.4. The lowest BCUT2D eigenvalue weighted by molar-refractivity contribution is -0.179. The van der Waals surface area contributed by atoms with Gasteiger partial charge in [0, 0.05) is 6.54 Å². The molecule has 5 atom stereocenters. The minimum absolute atomic E-state index is 0.0653. The third-order valence-electron chi connectivity index (χ3n) is 9.62. The van der Waals surface area contributed by atoms with Gasteiger partial charge in [0.15, 0.2) is 23.2 Å². The van der Waals surface area contributed by atoms with Crippen LogP contribution < -0.4 is 9.47 Å². The minimum Gasteiger partial charge on any atom is -0.497 e. The number of benzene rings is 1. The van der Waals surface area contributed by atoms with Crippen molar-refractivity contribution in [1.82, 2.24) is 4.90 Å². The van der Waals surface area contributed by atoms with E-state index in [-0.39, 0.29) is 31.7 Å². The van der Waals surface area contributed by atoms with Crippen molar-refractivity contribution in [3.63, 3.8) is 0 Å². The number of carbonyl (C=O) groups excluding carboxylic acids is 2. The van der Waals surface area contributed by atoms with Gasteiger partial charge in [0.05, 0.1) is 37.2 Å². The number of nitrogens with zero attached hydrogens (tertiary/aromatic N) is 1. The van der Waals surface area contributed by atoms with Gasteiger partial charge in [-0.1, -0.05) is 20.3 Å². The number of esters is 2. The van der Waals surface area contributed by atoms with E-state index >= 15 is 0 Å². The standard InChI is InChI=1S/C33H47NO9/c1-6-21(2)19-40-27(35)18-33(38,12-7-10-31(3,4)37)30(36)43-29-26(39-5)17-32-11-8-13-34(32)14-9-22-15-24-25(42-20-41-24)16-23(22)28(29)32/h15-17,21,28-29,37-38H,6-14,18-20H2,1-5H3/t21?,28-,29?,32?,33-/m1/s1. The van der Waals surface area contributed by atoms with E-state index in [1.165, 1.54) is 0 Å². The van der Waals surface area contributed by atoms with E-state index in [1.807, 2.05) is 26.0 Å². The van der Waals surface area contributed by atoms with Crippen molar-refractivity contribution >= 4 is 11.9 Å². The van der Waals surface area contributed by atoms with E-state index in [9.17, 15) is 19.8 Å². The van der Waals surface area contributed by atoms with Crippen LogP contribution in [0.4, 0.5) is 0 Å². The first-order valence-electron chi connectivity index (χ1n) is 15.6. The fraction of sp³-hybridized carbons (Fsp3) is 0.697. The van der Waals surface area contributed by atoms with Crippen molar-refractivity contribution < 1.29 is 43.5 Å². The Morgan fingerprint density at radius 2 is 1.91 bits per heavy atom. The lowest BCUT2D eigenvalue weighted by atomic mass is 9.77. The summed E-state index contributed by atoms with van der Waals surface area (Å²) < 4.78 is 29.0. The summed E-state index contributed by atoms with van der Waals surface area (Å²) in [5, 5.41) is 22.1. The molecule has 0 bridgehead atoms. The van der Waals surface area contributed by atoms with Crippen LogP contribution in [0.15, 0.2) is 24.0 Å². The van der Waals surface area contributed by atoms with Crippen molar-refractivity contribution in [1.29, 1.82) is 0 Å². The molecule has 0 aromatic heterocycles. The highest BCUT2D eigenvalue weighted by Crippen LogP contribution is 2.55. The molecule has 1 aliphatic carbocycles. The molecule has 4 aliphatic rings. The molecule has 2 N–H and O–H groups in total. The van der Waals surface area contributed by atoms with Gasteiger partial charge in [0.2, 0.25) is 6.79 Å². The number of aliphatic hydroxyl groups is 2. The molecule has 1 aromatic rings. The van der Waals surface area contributed by atoms with Crippen molar-refractivity contribution in [3.05, 3.63) is 35.1 Å². The molecule has 0 radical (unpaired) electrons. The van der Waals surface area contributed by atoms with Gasteiger partial charge in [-0.2, -0.15) is 0 Å². The van der Waals surface area contributed by atoms with Crippen LogP contribution in [0.3, 0.4) is 0 Å². The zero-order valence-electron chi connectivity index (χ0n) is 26.1. The molecule has 238 valence electrons. The summed E-state index contributed by atoms with van der Waals surface area (Å²) >= 11 is 0. The van der Waals surface area contributed by atoms with E-state index in [0.717, 1.165) is 49.9 Å². The molecule has 3 heterocycles. The number of fused-ring (bicyclic) bond motifs is 3. The maximum Gasteiger partial charge on any atom is 0.339 e. The van der Waals surface area contributed by atoms with E-state index in [4.69, 9.17) is 23.7 Å². The Bertz CT molecular complexity index is 1240. The van der Waals surface area contributed by atoms with Gasteiger partial charge in [0.1, 0.15) is 5.76 Å². The van der Waals surface area contributed by atoms with E-state index in [1.54, 1.807) is 21.0 Å². The molecule has 0 saturated carbocycles. The number of hydrogen-bond donors (Lipinski definition) is 2. The zero-order valence-corrected chi connectivity index (χ0v) is 26.1. The quantitative estimate of drug-likeness (QED) is 0.340. The first kappa shape index (κ1) is 31.6. The Morgan fingerprint density at radius 1 is 1.16 bits per heavy atom.